The zero-order chi connectivity index (χ0) is 19.1. The van der Waals surface area contributed by atoms with Gasteiger partial charge >= 0.3 is 0 Å². The summed E-state index contributed by atoms with van der Waals surface area (Å²) in [5.74, 6) is -1.43. The number of hydrogen-bond acceptors (Lipinski definition) is 2. The summed E-state index contributed by atoms with van der Waals surface area (Å²) in [6, 6.07) is 15.1. The zero-order valence-corrected chi connectivity index (χ0v) is 15.2. The monoisotopic (exact) mass is 383 g/mol. The van der Waals surface area contributed by atoms with Crippen molar-refractivity contribution in [1.29, 1.82) is 0 Å². The van der Waals surface area contributed by atoms with Gasteiger partial charge in [0.2, 0.25) is 0 Å². The lowest BCUT2D eigenvalue weighted by Gasteiger charge is -2.10. The molecule has 0 spiro atoms. The van der Waals surface area contributed by atoms with Crippen molar-refractivity contribution in [3.8, 4) is 16.8 Å². The number of halogens is 3. The summed E-state index contributed by atoms with van der Waals surface area (Å²) in [6.07, 6.45) is 1.68. The normalized spacial score (nSPS) is 12.5. The van der Waals surface area contributed by atoms with E-state index >= 15 is 0 Å². The fraction of sp³-hybridized carbons (Fsp3) is 0.0952. The first-order chi connectivity index (χ1) is 13.0. The van der Waals surface area contributed by atoms with Gasteiger partial charge in [-0.25, -0.2) is 13.8 Å². The second kappa shape index (κ2) is 6.76. The lowest BCUT2D eigenvalue weighted by molar-refractivity contribution is 0.590. The van der Waals surface area contributed by atoms with Gasteiger partial charge in [-0.3, -0.25) is 4.57 Å². The minimum Gasteiger partial charge on any atom is -0.324 e. The molecule has 4 aromatic rings. The third kappa shape index (κ3) is 3.09. The van der Waals surface area contributed by atoms with Gasteiger partial charge in [-0.05, 0) is 54.4 Å². The number of rotatable bonds is 3. The molecule has 0 radical (unpaired) electrons. The number of aromatic nitrogens is 2. The molecule has 0 amide bonds. The van der Waals surface area contributed by atoms with Crippen LogP contribution in [0.1, 0.15) is 18.5 Å². The standard InChI is InChI=1S/C21H16ClF2N3/c1-12(25)13-5-8-19-18(10-13)26-11-27(19)15-4-2-3-14(9-15)20-17(23)7-6-16(22)21(20)24/h2-12H,25H2,1H3. The van der Waals surface area contributed by atoms with E-state index in [0.717, 1.165) is 28.4 Å². The van der Waals surface area contributed by atoms with Crippen molar-refractivity contribution in [1.82, 2.24) is 9.55 Å². The second-order valence-corrected chi connectivity index (χ2v) is 6.83. The fourth-order valence-electron chi connectivity index (χ4n) is 3.12. The maximum atomic E-state index is 14.4. The van der Waals surface area contributed by atoms with Crippen molar-refractivity contribution in [3.05, 3.63) is 83.1 Å². The number of imidazole rings is 1. The van der Waals surface area contributed by atoms with E-state index in [1.165, 1.54) is 6.07 Å². The molecule has 4 rings (SSSR count). The van der Waals surface area contributed by atoms with Gasteiger partial charge in [0.1, 0.15) is 12.1 Å². The van der Waals surface area contributed by atoms with Gasteiger partial charge in [0.05, 0.1) is 21.6 Å². The Morgan fingerprint density at radius 1 is 1.07 bits per heavy atom. The third-order valence-electron chi connectivity index (χ3n) is 4.55. The highest BCUT2D eigenvalue weighted by atomic mass is 35.5. The summed E-state index contributed by atoms with van der Waals surface area (Å²) >= 11 is 5.83. The molecule has 3 aromatic carbocycles. The molecule has 0 bridgehead atoms. The molecule has 1 aromatic heterocycles. The quantitative estimate of drug-likeness (QED) is 0.465. The summed E-state index contributed by atoms with van der Waals surface area (Å²) in [5.41, 5.74) is 9.60. The van der Waals surface area contributed by atoms with Crippen LogP contribution in [0.5, 0.6) is 0 Å². The Morgan fingerprint density at radius 3 is 2.67 bits per heavy atom. The Kier molecular flexibility index (Phi) is 4.42. The molecule has 0 aliphatic rings. The predicted octanol–water partition coefficient (Wildman–Crippen LogP) is 5.64. The molecule has 2 N–H and O–H groups in total. The molecule has 0 aliphatic carbocycles. The predicted molar refractivity (Wildman–Crippen MR) is 104 cm³/mol. The molecular weight excluding hydrogens is 368 g/mol. The van der Waals surface area contributed by atoms with Gasteiger partial charge in [0.15, 0.2) is 5.82 Å². The van der Waals surface area contributed by atoms with E-state index in [0.29, 0.717) is 5.56 Å². The van der Waals surface area contributed by atoms with Gasteiger partial charge in [0.25, 0.3) is 0 Å². The Morgan fingerprint density at radius 2 is 1.89 bits per heavy atom. The molecule has 3 nitrogen and oxygen atoms in total. The highest BCUT2D eigenvalue weighted by Crippen LogP contribution is 2.32. The van der Waals surface area contributed by atoms with Crippen molar-refractivity contribution in [2.24, 2.45) is 5.73 Å². The minimum absolute atomic E-state index is 0.0864. The van der Waals surface area contributed by atoms with Crippen LogP contribution in [0.4, 0.5) is 8.78 Å². The maximum Gasteiger partial charge on any atom is 0.152 e. The van der Waals surface area contributed by atoms with Gasteiger partial charge in [0, 0.05) is 11.7 Å². The van der Waals surface area contributed by atoms with Gasteiger partial charge in [-0.1, -0.05) is 29.8 Å². The highest BCUT2D eigenvalue weighted by Gasteiger charge is 2.16. The Labute approximate surface area is 160 Å². The van der Waals surface area contributed by atoms with E-state index in [9.17, 15) is 8.78 Å². The third-order valence-corrected chi connectivity index (χ3v) is 4.85. The molecule has 0 saturated carbocycles. The van der Waals surface area contributed by atoms with Crippen molar-refractivity contribution >= 4 is 22.6 Å². The average Bonchev–Trinajstić information content (AvgIpc) is 3.08. The van der Waals surface area contributed by atoms with Crippen molar-refractivity contribution in [2.75, 3.05) is 0 Å². The molecule has 27 heavy (non-hydrogen) atoms. The smallest absolute Gasteiger partial charge is 0.152 e. The van der Waals surface area contributed by atoms with Crippen LogP contribution in [-0.4, -0.2) is 9.55 Å². The second-order valence-electron chi connectivity index (χ2n) is 6.42. The van der Waals surface area contributed by atoms with E-state index in [2.05, 4.69) is 4.98 Å². The van der Waals surface area contributed by atoms with Crippen LogP contribution in [0.15, 0.2) is 60.9 Å². The number of nitrogens with two attached hydrogens (primary N) is 1. The van der Waals surface area contributed by atoms with Crippen molar-refractivity contribution in [3.63, 3.8) is 0 Å². The lowest BCUT2D eigenvalue weighted by atomic mass is 10.0. The van der Waals surface area contributed by atoms with Crippen LogP contribution in [0, 0.1) is 11.6 Å². The Hall–Kier alpha value is -2.76. The molecule has 6 heteroatoms. The van der Waals surface area contributed by atoms with Crippen LogP contribution in [0.3, 0.4) is 0 Å². The summed E-state index contributed by atoms with van der Waals surface area (Å²) in [4.78, 5) is 4.43. The van der Waals surface area contributed by atoms with E-state index in [4.69, 9.17) is 17.3 Å². The molecule has 1 heterocycles. The molecule has 136 valence electrons. The molecule has 0 aliphatic heterocycles. The van der Waals surface area contributed by atoms with E-state index in [1.54, 1.807) is 24.5 Å². The summed E-state index contributed by atoms with van der Waals surface area (Å²) < 4.78 is 30.5. The molecule has 1 unspecified atom stereocenters. The SMILES string of the molecule is CC(N)c1ccc2c(c1)ncn2-c1cccc(-c2c(F)ccc(Cl)c2F)c1. The van der Waals surface area contributed by atoms with Crippen molar-refractivity contribution < 1.29 is 8.78 Å². The summed E-state index contributed by atoms with van der Waals surface area (Å²) in [5, 5.41) is -0.117. The van der Waals surface area contributed by atoms with E-state index in [-0.39, 0.29) is 16.6 Å². The van der Waals surface area contributed by atoms with Gasteiger partial charge in [-0.15, -0.1) is 0 Å². The number of fused-ring (bicyclic) bond motifs is 1. The first-order valence-corrected chi connectivity index (χ1v) is 8.80. The van der Waals surface area contributed by atoms with Crippen LogP contribution >= 0.6 is 11.6 Å². The fourth-order valence-corrected chi connectivity index (χ4v) is 3.28. The first-order valence-electron chi connectivity index (χ1n) is 8.42. The topological polar surface area (TPSA) is 43.8 Å². The maximum absolute atomic E-state index is 14.4. The largest absolute Gasteiger partial charge is 0.324 e. The number of benzene rings is 3. The van der Waals surface area contributed by atoms with E-state index in [1.807, 2.05) is 35.8 Å². The molecule has 0 fully saturated rings. The number of nitrogens with zero attached hydrogens (tertiary/aromatic N) is 2. The Bertz CT molecular complexity index is 1150. The summed E-state index contributed by atoms with van der Waals surface area (Å²) in [6.45, 7) is 1.91. The van der Waals surface area contributed by atoms with Crippen LogP contribution in [0.2, 0.25) is 5.02 Å². The van der Waals surface area contributed by atoms with Gasteiger partial charge in [-0.2, -0.15) is 0 Å². The molecule has 1 atom stereocenters. The number of hydrogen-bond donors (Lipinski definition) is 1. The van der Waals surface area contributed by atoms with E-state index < -0.39 is 11.6 Å². The minimum atomic E-state index is -0.772. The van der Waals surface area contributed by atoms with Crippen LogP contribution < -0.4 is 5.73 Å². The Balaban J connectivity index is 1.85. The zero-order valence-electron chi connectivity index (χ0n) is 14.5. The van der Waals surface area contributed by atoms with Crippen LogP contribution in [0.25, 0.3) is 27.8 Å². The van der Waals surface area contributed by atoms with Crippen LogP contribution in [-0.2, 0) is 0 Å². The van der Waals surface area contributed by atoms with Crippen molar-refractivity contribution in [2.45, 2.75) is 13.0 Å². The average molecular weight is 384 g/mol. The highest BCUT2D eigenvalue weighted by molar-refractivity contribution is 6.31. The summed E-state index contributed by atoms with van der Waals surface area (Å²) in [7, 11) is 0. The lowest BCUT2D eigenvalue weighted by Crippen LogP contribution is -2.04. The first kappa shape index (κ1) is 17.6. The molecular formula is C21H16ClF2N3. The van der Waals surface area contributed by atoms with Gasteiger partial charge < -0.3 is 5.73 Å². The molecule has 0 saturated heterocycles.